The summed E-state index contributed by atoms with van der Waals surface area (Å²) in [5, 5.41) is 3.14. The van der Waals surface area contributed by atoms with E-state index in [1.54, 1.807) is 7.11 Å². The van der Waals surface area contributed by atoms with Crippen LogP contribution in [0, 0.1) is 11.8 Å². The number of carbonyl (C=O) groups excluding carboxylic acids is 1. The Balaban J connectivity index is 1.66. The van der Waals surface area contributed by atoms with Crippen LogP contribution in [0.5, 0.6) is 0 Å². The Morgan fingerprint density at radius 3 is 2.29 bits per heavy atom. The van der Waals surface area contributed by atoms with E-state index in [9.17, 15) is 4.79 Å². The molecule has 0 aromatic heterocycles. The third-order valence-corrected chi connectivity index (χ3v) is 3.46. The lowest BCUT2D eigenvalue weighted by molar-refractivity contribution is -0.130. The lowest BCUT2D eigenvalue weighted by Crippen LogP contribution is -2.41. The zero-order valence-electron chi connectivity index (χ0n) is 10.8. The second-order valence-electron chi connectivity index (χ2n) is 5.36. The van der Waals surface area contributed by atoms with E-state index in [1.807, 2.05) is 0 Å². The number of hydrogen-bond donors (Lipinski definition) is 1. The summed E-state index contributed by atoms with van der Waals surface area (Å²) < 4.78 is 4.95. The predicted molar refractivity (Wildman–Crippen MR) is 66.8 cm³/mol. The second-order valence-corrected chi connectivity index (χ2v) is 5.36. The van der Waals surface area contributed by atoms with Crippen LogP contribution in [0.25, 0.3) is 0 Å². The minimum atomic E-state index is 0.264. The molecule has 0 radical (unpaired) electrons. The number of nitrogens with one attached hydrogen (secondary N) is 1. The Bertz CT molecular complexity index is 236. The van der Waals surface area contributed by atoms with Gasteiger partial charge in [0.25, 0.3) is 0 Å². The molecule has 4 nitrogen and oxygen atoms in total. The van der Waals surface area contributed by atoms with Crippen LogP contribution in [0.15, 0.2) is 0 Å². The molecule has 0 aliphatic heterocycles. The second kappa shape index (κ2) is 6.36. The van der Waals surface area contributed by atoms with Gasteiger partial charge in [0.15, 0.2) is 0 Å². The normalized spacial score (nSPS) is 19.4. The number of amides is 1. The third-order valence-electron chi connectivity index (χ3n) is 3.46. The Morgan fingerprint density at radius 1 is 1.24 bits per heavy atom. The van der Waals surface area contributed by atoms with Gasteiger partial charge < -0.3 is 15.0 Å². The summed E-state index contributed by atoms with van der Waals surface area (Å²) in [5.41, 5.74) is 0. The van der Waals surface area contributed by atoms with E-state index >= 15 is 0 Å². The summed E-state index contributed by atoms with van der Waals surface area (Å²) in [7, 11) is 1.68. The molecule has 0 aromatic carbocycles. The van der Waals surface area contributed by atoms with Gasteiger partial charge in [-0.25, -0.2) is 0 Å². The van der Waals surface area contributed by atoms with Crippen LogP contribution in [-0.2, 0) is 9.53 Å². The topological polar surface area (TPSA) is 41.6 Å². The van der Waals surface area contributed by atoms with Crippen molar-refractivity contribution in [3.05, 3.63) is 0 Å². The highest BCUT2D eigenvalue weighted by Gasteiger charge is 2.31. The molecule has 0 saturated heterocycles. The molecule has 17 heavy (non-hydrogen) atoms. The van der Waals surface area contributed by atoms with Crippen LogP contribution >= 0.6 is 0 Å². The van der Waals surface area contributed by atoms with Crippen molar-refractivity contribution in [3.8, 4) is 0 Å². The minimum absolute atomic E-state index is 0.264. The third kappa shape index (κ3) is 5.04. The Morgan fingerprint density at radius 2 is 1.82 bits per heavy atom. The fourth-order valence-corrected chi connectivity index (χ4v) is 1.98. The van der Waals surface area contributed by atoms with E-state index < -0.39 is 0 Å². The van der Waals surface area contributed by atoms with Gasteiger partial charge in [-0.1, -0.05) is 0 Å². The quantitative estimate of drug-likeness (QED) is 0.608. The molecule has 4 heteroatoms. The average Bonchev–Trinajstić information content (AvgIpc) is 3.17. The first-order chi connectivity index (χ1) is 8.29. The highest BCUT2D eigenvalue weighted by Crippen LogP contribution is 2.33. The van der Waals surface area contributed by atoms with Gasteiger partial charge in [-0.05, 0) is 37.5 Å². The molecule has 0 atom stereocenters. The molecular formula is C13H24N2O2. The van der Waals surface area contributed by atoms with Crippen molar-refractivity contribution >= 4 is 5.91 Å². The van der Waals surface area contributed by atoms with E-state index in [4.69, 9.17) is 4.74 Å². The molecule has 0 spiro atoms. The zero-order chi connectivity index (χ0) is 12.1. The maximum atomic E-state index is 12.1. The molecule has 2 aliphatic rings. The van der Waals surface area contributed by atoms with Gasteiger partial charge in [-0.2, -0.15) is 0 Å². The first-order valence-corrected chi connectivity index (χ1v) is 6.77. The largest absolute Gasteiger partial charge is 0.383 e. The SMILES string of the molecule is COCCNCC(=O)N(CC1CC1)CC1CC1. The first-order valence-electron chi connectivity index (χ1n) is 6.77. The Labute approximate surface area is 104 Å². The number of ether oxygens (including phenoxy) is 1. The number of nitrogens with zero attached hydrogens (tertiary/aromatic N) is 1. The molecule has 2 aliphatic carbocycles. The van der Waals surface area contributed by atoms with Gasteiger partial charge >= 0.3 is 0 Å². The number of methoxy groups -OCH3 is 1. The molecule has 0 bridgehead atoms. The van der Waals surface area contributed by atoms with E-state index in [-0.39, 0.29) is 5.91 Å². The van der Waals surface area contributed by atoms with Gasteiger partial charge in [0.05, 0.1) is 13.2 Å². The van der Waals surface area contributed by atoms with Gasteiger partial charge in [0, 0.05) is 26.7 Å². The molecular weight excluding hydrogens is 216 g/mol. The van der Waals surface area contributed by atoms with Crippen molar-refractivity contribution in [3.63, 3.8) is 0 Å². The summed E-state index contributed by atoms with van der Waals surface area (Å²) in [6, 6.07) is 0. The van der Waals surface area contributed by atoms with E-state index in [2.05, 4.69) is 10.2 Å². The lowest BCUT2D eigenvalue weighted by Gasteiger charge is -2.22. The Kier molecular flexibility index (Phi) is 4.80. The van der Waals surface area contributed by atoms with E-state index in [0.717, 1.165) is 31.5 Å². The lowest BCUT2D eigenvalue weighted by atomic mass is 10.3. The number of rotatable bonds is 9. The monoisotopic (exact) mass is 240 g/mol. The van der Waals surface area contributed by atoms with Gasteiger partial charge in [0.2, 0.25) is 5.91 Å². The minimum Gasteiger partial charge on any atom is -0.383 e. The van der Waals surface area contributed by atoms with E-state index in [1.165, 1.54) is 25.7 Å². The zero-order valence-corrected chi connectivity index (χ0v) is 10.8. The molecule has 98 valence electrons. The molecule has 0 aromatic rings. The number of carbonyl (C=O) groups is 1. The number of hydrogen-bond acceptors (Lipinski definition) is 3. The van der Waals surface area contributed by atoms with Gasteiger partial charge in [-0.3, -0.25) is 4.79 Å². The molecule has 0 heterocycles. The highest BCUT2D eigenvalue weighted by atomic mass is 16.5. The molecule has 1 amide bonds. The first kappa shape index (κ1) is 12.8. The summed E-state index contributed by atoms with van der Waals surface area (Å²) in [6.07, 6.45) is 5.24. The average molecular weight is 240 g/mol. The van der Waals surface area contributed by atoms with Crippen molar-refractivity contribution in [1.82, 2.24) is 10.2 Å². The summed E-state index contributed by atoms with van der Waals surface area (Å²) in [5.74, 6) is 1.84. The van der Waals surface area contributed by atoms with Crippen LogP contribution < -0.4 is 5.32 Å². The van der Waals surface area contributed by atoms with Crippen LogP contribution in [0.3, 0.4) is 0 Å². The maximum absolute atomic E-state index is 12.1. The fourth-order valence-electron chi connectivity index (χ4n) is 1.98. The Hall–Kier alpha value is -0.610. The molecule has 1 N–H and O–H groups in total. The van der Waals surface area contributed by atoms with Crippen molar-refractivity contribution in [2.45, 2.75) is 25.7 Å². The fraction of sp³-hybridized carbons (Fsp3) is 0.923. The standard InChI is InChI=1S/C13H24N2O2/c1-17-7-6-14-8-13(16)15(9-11-2-3-11)10-12-4-5-12/h11-12,14H,2-10H2,1H3. The van der Waals surface area contributed by atoms with Crippen molar-refractivity contribution in [2.75, 3.05) is 39.9 Å². The van der Waals surface area contributed by atoms with Crippen LogP contribution in [0.2, 0.25) is 0 Å². The molecule has 2 saturated carbocycles. The molecule has 2 fully saturated rings. The predicted octanol–water partition coefficient (Wildman–Crippen LogP) is 0.871. The molecule has 2 rings (SSSR count). The maximum Gasteiger partial charge on any atom is 0.236 e. The van der Waals surface area contributed by atoms with Crippen molar-refractivity contribution in [1.29, 1.82) is 0 Å². The van der Waals surface area contributed by atoms with Crippen LogP contribution in [-0.4, -0.2) is 50.7 Å². The molecule has 0 unspecified atom stereocenters. The van der Waals surface area contributed by atoms with Crippen molar-refractivity contribution < 1.29 is 9.53 Å². The summed E-state index contributed by atoms with van der Waals surface area (Å²) in [6.45, 7) is 3.85. The smallest absolute Gasteiger partial charge is 0.236 e. The van der Waals surface area contributed by atoms with Gasteiger partial charge in [-0.15, -0.1) is 0 Å². The summed E-state index contributed by atoms with van der Waals surface area (Å²) >= 11 is 0. The summed E-state index contributed by atoms with van der Waals surface area (Å²) in [4.78, 5) is 14.1. The van der Waals surface area contributed by atoms with E-state index in [0.29, 0.717) is 13.2 Å². The van der Waals surface area contributed by atoms with Gasteiger partial charge in [0.1, 0.15) is 0 Å². The van der Waals surface area contributed by atoms with Crippen molar-refractivity contribution in [2.24, 2.45) is 11.8 Å². The van der Waals surface area contributed by atoms with Crippen LogP contribution in [0.1, 0.15) is 25.7 Å². The highest BCUT2D eigenvalue weighted by molar-refractivity contribution is 5.78. The van der Waals surface area contributed by atoms with Crippen LogP contribution in [0.4, 0.5) is 0 Å².